The van der Waals surface area contributed by atoms with Gasteiger partial charge in [-0.15, -0.1) is 24.9 Å². The van der Waals surface area contributed by atoms with E-state index in [1.165, 1.54) is 30.3 Å². The van der Waals surface area contributed by atoms with Gasteiger partial charge in [0.25, 0.3) is 0 Å². The van der Waals surface area contributed by atoms with E-state index < -0.39 is 6.36 Å². The van der Waals surface area contributed by atoms with Crippen molar-refractivity contribution in [3.63, 3.8) is 0 Å². The van der Waals surface area contributed by atoms with Crippen LogP contribution in [0.3, 0.4) is 0 Å². The van der Waals surface area contributed by atoms with E-state index in [4.69, 9.17) is 0 Å². The average molecular weight is 347 g/mol. The Kier molecular flexibility index (Phi) is 6.21. The number of hydrogen-bond acceptors (Lipinski definition) is 3. The maximum Gasteiger partial charge on any atom is 0.573 e. The van der Waals surface area contributed by atoms with Crippen molar-refractivity contribution in [3.05, 3.63) is 29.8 Å². The van der Waals surface area contributed by atoms with E-state index >= 15 is 0 Å². The molecule has 1 aromatic rings. The molecule has 0 N–H and O–H groups in total. The van der Waals surface area contributed by atoms with Crippen molar-refractivity contribution in [1.29, 1.82) is 0 Å². The van der Waals surface area contributed by atoms with E-state index in [2.05, 4.69) is 11.7 Å². The summed E-state index contributed by atoms with van der Waals surface area (Å²) in [6.45, 7) is 2.89. The number of thioether (sulfide) groups is 1. The van der Waals surface area contributed by atoms with Gasteiger partial charge in [0.2, 0.25) is 5.91 Å². The van der Waals surface area contributed by atoms with E-state index in [0.717, 1.165) is 24.9 Å². The number of ether oxygens (including phenoxy) is 1. The van der Waals surface area contributed by atoms with Gasteiger partial charge < -0.3 is 9.64 Å². The minimum Gasteiger partial charge on any atom is -0.406 e. The zero-order valence-corrected chi connectivity index (χ0v) is 13.8. The van der Waals surface area contributed by atoms with Gasteiger partial charge in [0.1, 0.15) is 5.75 Å². The third kappa shape index (κ3) is 5.97. The molecule has 1 amide bonds. The molecule has 0 aliphatic carbocycles. The summed E-state index contributed by atoms with van der Waals surface area (Å²) in [5.74, 6) is 0.884. The van der Waals surface area contributed by atoms with Gasteiger partial charge in [-0.1, -0.05) is 12.1 Å². The van der Waals surface area contributed by atoms with Crippen molar-refractivity contribution in [3.8, 4) is 5.75 Å². The summed E-state index contributed by atoms with van der Waals surface area (Å²) in [6, 6.07) is 6.05. The number of carbonyl (C=O) groups excluding carboxylic acids is 1. The molecule has 3 nitrogen and oxygen atoms in total. The molecule has 1 unspecified atom stereocenters. The number of nitrogens with zero attached hydrogens (tertiary/aromatic N) is 1. The first-order chi connectivity index (χ1) is 10.8. The molecular formula is C16H20F3NO2S. The number of benzene rings is 1. The SMILES string of the molecule is CC1CCCCN1C(=O)CSCc1ccc(OC(F)(F)F)cc1. The van der Waals surface area contributed by atoms with Crippen LogP contribution >= 0.6 is 11.8 Å². The fourth-order valence-corrected chi connectivity index (χ4v) is 3.47. The zero-order valence-electron chi connectivity index (χ0n) is 12.9. The quantitative estimate of drug-likeness (QED) is 0.799. The van der Waals surface area contributed by atoms with Crippen LogP contribution in [0.25, 0.3) is 0 Å². The van der Waals surface area contributed by atoms with Crippen LogP contribution in [0.4, 0.5) is 13.2 Å². The highest BCUT2D eigenvalue weighted by Gasteiger charge is 2.31. The Morgan fingerprint density at radius 1 is 1.30 bits per heavy atom. The Labute approximate surface area is 138 Å². The van der Waals surface area contributed by atoms with Gasteiger partial charge in [0, 0.05) is 18.3 Å². The molecule has 1 fully saturated rings. The Morgan fingerprint density at radius 3 is 2.61 bits per heavy atom. The van der Waals surface area contributed by atoms with Gasteiger partial charge in [0.15, 0.2) is 0 Å². The maximum absolute atomic E-state index is 12.2. The van der Waals surface area contributed by atoms with Crippen LogP contribution in [0.15, 0.2) is 24.3 Å². The van der Waals surface area contributed by atoms with Crippen molar-refractivity contribution in [2.45, 2.75) is 44.3 Å². The molecule has 1 aliphatic rings. The Balaban J connectivity index is 1.76. The normalized spacial score (nSPS) is 18.8. The highest BCUT2D eigenvalue weighted by Crippen LogP contribution is 2.24. The van der Waals surface area contributed by atoms with Crippen molar-refractivity contribution in [1.82, 2.24) is 4.90 Å². The van der Waals surface area contributed by atoms with Gasteiger partial charge in [-0.25, -0.2) is 0 Å². The van der Waals surface area contributed by atoms with E-state index in [0.29, 0.717) is 17.5 Å². The van der Waals surface area contributed by atoms with E-state index in [9.17, 15) is 18.0 Å². The summed E-state index contributed by atoms with van der Waals surface area (Å²) < 4.78 is 40.0. The molecule has 0 bridgehead atoms. The number of likely N-dealkylation sites (tertiary alicyclic amines) is 1. The second kappa shape index (κ2) is 7.95. The van der Waals surface area contributed by atoms with Crippen LogP contribution in [0.1, 0.15) is 31.7 Å². The van der Waals surface area contributed by atoms with Gasteiger partial charge >= 0.3 is 6.36 Å². The minimum atomic E-state index is -4.67. The van der Waals surface area contributed by atoms with Crippen LogP contribution in [0.2, 0.25) is 0 Å². The lowest BCUT2D eigenvalue weighted by Gasteiger charge is -2.33. The number of piperidine rings is 1. The van der Waals surface area contributed by atoms with Crippen LogP contribution in [0, 0.1) is 0 Å². The van der Waals surface area contributed by atoms with E-state index in [1.54, 1.807) is 12.1 Å². The van der Waals surface area contributed by atoms with Crippen LogP contribution in [-0.4, -0.2) is 35.5 Å². The molecule has 23 heavy (non-hydrogen) atoms. The largest absolute Gasteiger partial charge is 0.573 e. The highest BCUT2D eigenvalue weighted by molar-refractivity contribution is 7.99. The minimum absolute atomic E-state index is 0.138. The summed E-state index contributed by atoms with van der Waals surface area (Å²) >= 11 is 1.47. The molecular weight excluding hydrogens is 327 g/mol. The number of halogens is 3. The third-order valence-electron chi connectivity index (χ3n) is 3.77. The molecule has 0 aromatic heterocycles. The molecule has 1 atom stereocenters. The Morgan fingerprint density at radius 2 is 2.00 bits per heavy atom. The average Bonchev–Trinajstić information content (AvgIpc) is 2.48. The van der Waals surface area contributed by atoms with Crippen LogP contribution in [0.5, 0.6) is 5.75 Å². The molecule has 7 heteroatoms. The lowest BCUT2D eigenvalue weighted by atomic mass is 10.0. The zero-order chi connectivity index (χ0) is 16.9. The lowest BCUT2D eigenvalue weighted by Crippen LogP contribution is -2.42. The van der Waals surface area contributed by atoms with Gasteiger partial charge in [0.05, 0.1) is 5.75 Å². The Hall–Kier alpha value is -1.37. The maximum atomic E-state index is 12.2. The summed E-state index contributed by atoms with van der Waals surface area (Å²) in [4.78, 5) is 14.1. The van der Waals surface area contributed by atoms with Crippen molar-refractivity contribution < 1.29 is 22.7 Å². The van der Waals surface area contributed by atoms with Gasteiger partial charge in [-0.3, -0.25) is 4.79 Å². The van der Waals surface area contributed by atoms with Gasteiger partial charge in [-0.2, -0.15) is 0 Å². The van der Waals surface area contributed by atoms with E-state index in [-0.39, 0.29) is 11.7 Å². The van der Waals surface area contributed by atoms with Gasteiger partial charge in [-0.05, 0) is 43.9 Å². The van der Waals surface area contributed by atoms with Crippen LogP contribution < -0.4 is 4.74 Å². The molecule has 0 spiro atoms. The molecule has 1 saturated heterocycles. The monoisotopic (exact) mass is 347 g/mol. The second-order valence-electron chi connectivity index (χ2n) is 5.62. The number of alkyl halides is 3. The first-order valence-electron chi connectivity index (χ1n) is 7.57. The summed E-state index contributed by atoms with van der Waals surface area (Å²) in [7, 11) is 0. The predicted octanol–water partition coefficient (Wildman–Crippen LogP) is 4.22. The molecule has 1 heterocycles. The first kappa shape index (κ1) is 18.0. The molecule has 2 rings (SSSR count). The predicted molar refractivity (Wildman–Crippen MR) is 84.3 cm³/mol. The van der Waals surface area contributed by atoms with Crippen molar-refractivity contribution in [2.24, 2.45) is 0 Å². The smallest absolute Gasteiger partial charge is 0.406 e. The number of carbonyl (C=O) groups is 1. The molecule has 1 aromatic carbocycles. The van der Waals surface area contributed by atoms with Crippen molar-refractivity contribution in [2.75, 3.05) is 12.3 Å². The first-order valence-corrected chi connectivity index (χ1v) is 8.72. The number of amides is 1. The second-order valence-corrected chi connectivity index (χ2v) is 6.60. The number of rotatable bonds is 5. The summed E-state index contributed by atoms with van der Waals surface area (Å²) in [5, 5.41) is 0. The number of hydrogen-bond donors (Lipinski definition) is 0. The Bertz CT molecular complexity index is 519. The summed E-state index contributed by atoms with van der Waals surface area (Å²) in [5.41, 5.74) is 0.865. The molecule has 0 saturated carbocycles. The lowest BCUT2D eigenvalue weighted by molar-refractivity contribution is -0.274. The molecule has 128 valence electrons. The fourth-order valence-electron chi connectivity index (χ4n) is 2.60. The van der Waals surface area contributed by atoms with Crippen molar-refractivity contribution >= 4 is 17.7 Å². The third-order valence-corrected chi connectivity index (χ3v) is 4.76. The molecule has 1 aliphatic heterocycles. The highest BCUT2D eigenvalue weighted by atomic mass is 32.2. The standard InChI is InChI=1S/C16H20F3NO2S/c1-12-4-2-3-9-20(12)15(21)11-23-10-13-5-7-14(8-6-13)22-16(17,18)19/h5-8,12H,2-4,9-11H2,1H3. The molecule has 0 radical (unpaired) electrons. The topological polar surface area (TPSA) is 29.5 Å². The van der Waals surface area contributed by atoms with E-state index in [1.807, 2.05) is 4.90 Å². The fraction of sp³-hybridized carbons (Fsp3) is 0.562. The summed E-state index contributed by atoms with van der Waals surface area (Å²) in [6.07, 6.45) is -1.39. The van der Waals surface area contributed by atoms with Crippen LogP contribution in [-0.2, 0) is 10.5 Å².